The molecule has 7 heteroatoms. The van der Waals surface area contributed by atoms with E-state index in [1.807, 2.05) is 5.43 Å². The van der Waals surface area contributed by atoms with E-state index in [1.165, 1.54) is 25.1 Å². The normalized spacial score (nSPS) is 11.7. The van der Waals surface area contributed by atoms with Crippen molar-refractivity contribution in [2.75, 3.05) is 0 Å². The standard InChI is InChI=1S/C10H13N3O4/c1-6-5-8(13(15)16)3-4-9(6)17-7(2)10(14)12-11/h3-5,7H,11H2,1-2H3,(H,12,14). The molecule has 1 atom stereocenters. The first kappa shape index (κ1) is 12.9. The number of aryl methyl sites for hydroxylation is 1. The van der Waals surface area contributed by atoms with E-state index < -0.39 is 16.9 Å². The Morgan fingerprint density at radius 1 is 1.59 bits per heavy atom. The van der Waals surface area contributed by atoms with E-state index >= 15 is 0 Å². The lowest BCUT2D eigenvalue weighted by atomic mass is 10.2. The molecule has 0 fully saturated rings. The van der Waals surface area contributed by atoms with Crippen LogP contribution in [0.4, 0.5) is 5.69 Å². The monoisotopic (exact) mass is 239 g/mol. The van der Waals surface area contributed by atoms with Crippen LogP contribution in [0, 0.1) is 17.0 Å². The van der Waals surface area contributed by atoms with E-state index in [0.717, 1.165) is 0 Å². The van der Waals surface area contributed by atoms with Gasteiger partial charge in [-0.05, 0) is 25.5 Å². The van der Waals surface area contributed by atoms with Gasteiger partial charge in [0.2, 0.25) is 0 Å². The van der Waals surface area contributed by atoms with E-state index in [9.17, 15) is 14.9 Å². The van der Waals surface area contributed by atoms with Gasteiger partial charge in [0.1, 0.15) is 5.75 Å². The third kappa shape index (κ3) is 3.15. The minimum Gasteiger partial charge on any atom is -0.481 e. The van der Waals surface area contributed by atoms with Crippen molar-refractivity contribution in [3.8, 4) is 5.75 Å². The maximum atomic E-state index is 11.1. The first-order valence-electron chi connectivity index (χ1n) is 4.88. The number of hydrogen-bond donors (Lipinski definition) is 2. The molecule has 0 radical (unpaired) electrons. The Bertz CT molecular complexity index is 447. The van der Waals surface area contributed by atoms with Crippen LogP contribution in [0.1, 0.15) is 12.5 Å². The zero-order chi connectivity index (χ0) is 13.0. The molecule has 17 heavy (non-hydrogen) atoms. The van der Waals surface area contributed by atoms with Crippen molar-refractivity contribution in [2.45, 2.75) is 20.0 Å². The number of carbonyl (C=O) groups is 1. The highest BCUT2D eigenvalue weighted by Gasteiger charge is 2.15. The van der Waals surface area contributed by atoms with E-state index in [0.29, 0.717) is 11.3 Å². The van der Waals surface area contributed by atoms with Crippen molar-refractivity contribution < 1.29 is 14.5 Å². The molecule has 1 aromatic carbocycles. The molecule has 1 amide bonds. The summed E-state index contributed by atoms with van der Waals surface area (Å²) in [5.41, 5.74) is 2.52. The molecule has 0 aromatic heterocycles. The number of nitrogens with zero attached hydrogens (tertiary/aromatic N) is 1. The average Bonchev–Trinajstić information content (AvgIpc) is 2.30. The number of benzene rings is 1. The Morgan fingerprint density at radius 3 is 2.71 bits per heavy atom. The SMILES string of the molecule is Cc1cc([N+](=O)[O-])ccc1OC(C)C(=O)NN. The number of non-ortho nitro benzene ring substituents is 1. The Morgan fingerprint density at radius 2 is 2.24 bits per heavy atom. The summed E-state index contributed by atoms with van der Waals surface area (Å²) in [4.78, 5) is 21.2. The van der Waals surface area contributed by atoms with Gasteiger partial charge in [0.15, 0.2) is 6.10 Å². The van der Waals surface area contributed by atoms with E-state index in [4.69, 9.17) is 10.6 Å². The number of nitrogens with two attached hydrogens (primary N) is 1. The molecule has 0 aliphatic carbocycles. The molecule has 0 saturated heterocycles. The third-order valence-electron chi connectivity index (χ3n) is 2.18. The summed E-state index contributed by atoms with van der Waals surface area (Å²) in [6.07, 6.45) is -0.764. The number of nitro benzene ring substituents is 1. The fourth-order valence-electron chi connectivity index (χ4n) is 1.24. The molecule has 1 unspecified atom stereocenters. The molecule has 1 rings (SSSR count). The molecule has 7 nitrogen and oxygen atoms in total. The largest absolute Gasteiger partial charge is 0.481 e. The third-order valence-corrected chi connectivity index (χ3v) is 2.18. The molecule has 0 saturated carbocycles. The summed E-state index contributed by atoms with van der Waals surface area (Å²) in [5, 5.41) is 10.5. The van der Waals surface area contributed by atoms with Crippen molar-refractivity contribution in [1.82, 2.24) is 5.43 Å². The lowest BCUT2D eigenvalue weighted by Crippen LogP contribution is -2.40. The van der Waals surface area contributed by atoms with Crippen molar-refractivity contribution in [3.63, 3.8) is 0 Å². The van der Waals surface area contributed by atoms with Crippen LogP contribution < -0.4 is 16.0 Å². The maximum Gasteiger partial charge on any atom is 0.274 e. The Kier molecular flexibility index (Phi) is 4.00. The summed E-state index contributed by atoms with van der Waals surface area (Å²) in [5.74, 6) is 4.90. The number of ether oxygens (including phenoxy) is 1. The molecular weight excluding hydrogens is 226 g/mol. The summed E-state index contributed by atoms with van der Waals surface area (Å²) >= 11 is 0. The van der Waals surface area contributed by atoms with Crippen LogP contribution in [0.25, 0.3) is 0 Å². The van der Waals surface area contributed by atoms with Crippen LogP contribution in [0.2, 0.25) is 0 Å². The fourth-order valence-corrected chi connectivity index (χ4v) is 1.24. The van der Waals surface area contributed by atoms with Crippen LogP contribution in [0.15, 0.2) is 18.2 Å². The second-order valence-corrected chi connectivity index (χ2v) is 3.48. The van der Waals surface area contributed by atoms with E-state index in [1.54, 1.807) is 6.92 Å². The predicted octanol–water partition coefficient (Wildman–Crippen LogP) is 0.660. The van der Waals surface area contributed by atoms with Crippen LogP contribution in [-0.4, -0.2) is 16.9 Å². The number of hydrogen-bond acceptors (Lipinski definition) is 5. The predicted molar refractivity (Wildman–Crippen MR) is 60.3 cm³/mol. The topological polar surface area (TPSA) is 107 Å². The van der Waals surface area contributed by atoms with Crippen molar-refractivity contribution in [1.29, 1.82) is 0 Å². The number of hydrazine groups is 1. The maximum absolute atomic E-state index is 11.1. The number of rotatable bonds is 4. The lowest BCUT2D eigenvalue weighted by Gasteiger charge is -2.14. The summed E-state index contributed by atoms with van der Waals surface area (Å²) < 4.78 is 5.32. The van der Waals surface area contributed by atoms with Gasteiger partial charge in [-0.1, -0.05) is 0 Å². The second-order valence-electron chi connectivity index (χ2n) is 3.48. The van der Waals surface area contributed by atoms with Gasteiger partial charge in [-0.3, -0.25) is 20.3 Å². The zero-order valence-electron chi connectivity index (χ0n) is 9.47. The van der Waals surface area contributed by atoms with Gasteiger partial charge in [0.05, 0.1) is 4.92 Å². The highest BCUT2D eigenvalue weighted by molar-refractivity contribution is 5.80. The van der Waals surface area contributed by atoms with Crippen LogP contribution in [-0.2, 0) is 4.79 Å². The quantitative estimate of drug-likeness (QED) is 0.347. The molecule has 0 aliphatic heterocycles. The van der Waals surface area contributed by atoms with Gasteiger partial charge in [-0.25, -0.2) is 5.84 Å². The number of nitro groups is 1. The molecule has 3 N–H and O–H groups in total. The molecule has 0 heterocycles. The Balaban J connectivity index is 2.86. The van der Waals surface area contributed by atoms with Gasteiger partial charge in [0, 0.05) is 12.1 Å². The summed E-state index contributed by atoms with van der Waals surface area (Å²) in [6, 6.07) is 4.14. The molecule has 0 aliphatic rings. The molecular formula is C10H13N3O4. The minimum absolute atomic E-state index is 0.0224. The van der Waals surface area contributed by atoms with E-state index in [2.05, 4.69) is 0 Å². The van der Waals surface area contributed by atoms with Gasteiger partial charge in [-0.2, -0.15) is 0 Å². The van der Waals surface area contributed by atoms with Crippen LogP contribution in [0.3, 0.4) is 0 Å². The average molecular weight is 239 g/mol. The van der Waals surface area contributed by atoms with Crippen molar-refractivity contribution in [3.05, 3.63) is 33.9 Å². The highest BCUT2D eigenvalue weighted by atomic mass is 16.6. The molecule has 0 spiro atoms. The van der Waals surface area contributed by atoms with Gasteiger partial charge < -0.3 is 4.74 Å². The first-order valence-corrected chi connectivity index (χ1v) is 4.88. The number of nitrogens with one attached hydrogen (secondary N) is 1. The van der Waals surface area contributed by atoms with Gasteiger partial charge >= 0.3 is 0 Å². The first-order chi connectivity index (χ1) is 7.95. The zero-order valence-corrected chi connectivity index (χ0v) is 9.47. The van der Waals surface area contributed by atoms with Crippen LogP contribution >= 0.6 is 0 Å². The van der Waals surface area contributed by atoms with Gasteiger partial charge in [-0.15, -0.1) is 0 Å². The number of carbonyl (C=O) groups excluding carboxylic acids is 1. The van der Waals surface area contributed by atoms with Crippen molar-refractivity contribution in [2.24, 2.45) is 5.84 Å². The second kappa shape index (κ2) is 5.26. The van der Waals surface area contributed by atoms with E-state index in [-0.39, 0.29) is 5.69 Å². The molecule has 0 bridgehead atoms. The molecule has 92 valence electrons. The lowest BCUT2D eigenvalue weighted by molar-refractivity contribution is -0.384. The highest BCUT2D eigenvalue weighted by Crippen LogP contribution is 2.24. The number of amides is 1. The van der Waals surface area contributed by atoms with Gasteiger partial charge in [0.25, 0.3) is 11.6 Å². The minimum atomic E-state index is -0.764. The Hall–Kier alpha value is -2.15. The summed E-state index contributed by atoms with van der Waals surface area (Å²) in [7, 11) is 0. The molecule has 1 aromatic rings. The smallest absolute Gasteiger partial charge is 0.274 e. The summed E-state index contributed by atoms with van der Waals surface area (Å²) in [6.45, 7) is 3.19. The fraction of sp³-hybridized carbons (Fsp3) is 0.300. The van der Waals surface area contributed by atoms with Crippen LogP contribution in [0.5, 0.6) is 5.75 Å². The van der Waals surface area contributed by atoms with Crippen molar-refractivity contribution >= 4 is 11.6 Å². The Labute approximate surface area is 97.7 Å².